The van der Waals surface area contributed by atoms with Crippen LogP contribution in [-0.2, 0) is 16.1 Å². The second-order valence-corrected chi connectivity index (χ2v) is 7.27. The van der Waals surface area contributed by atoms with Crippen molar-refractivity contribution < 1.29 is 14.3 Å². The minimum absolute atomic E-state index is 0.0932. The molecule has 0 atom stereocenters. The standard InChI is InChI=1S/C24H30N2O3/c1-3-4-5-6-7-24(27)25-21-10-13-23-20(16-21)14-15-26(23)17-19-8-11-22(12-9-19)29-18-28-2/h8-16H,3-7,17-18H2,1-2H3,(H,25,27). The molecule has 0 aliphatic carbocycles. The fourth-order valence-corrected chi connectivity index (χ4v) is 3.37. The highest BCUT2D eigenvalue weighted by Crippen LogP contribution is 2.22. The zero-order valence-electron chi connectivity index (χ0n) is 17.3. The summed E-state index contributed by atoms with van der Waals surface area (Å²) in [5.74, 6) is 0.888. The third-order valence-corrected chi connectivity index (χ3v) is 4.93. The zero-order chi connectivity index (χ0) is 20.5. The molecule has 154 valence electrons. The van der Waals surface area contributed by atoms with E-state index in [1.807, 2.05) is 24.3 Å². The van der Waals surface area contributed by atoms with Crippen molar-refractivity contribution in [2.45, 2.75) is 45.6 Å². The maximum absolute atomic E-state index is 12.1. The van der Waals surface area contributed by atoms with Gasteiger partial charge in [0, 0.05) is 42.9 Å². The Morgan fingerprint density at radius 1 is 1.03 bits per heavy atom. The number of rotatable bonds is 11. The summed E-state index contributed by atoms with van der Waals surface area (Å²) in [6.45, 7) is 3.20. The number of hydrogen-bond acceptors (Lipinski definition) is 3. The van der Waals surface area contributed by atoms with Crippen LogP contribution >= 0.6 is 0 Å². The first kappa shape index (κ1) is 20.9. The number of aromatic nitrogens is 1. The number of anilines is 1. The highest BCUT2D eigenvalue weighted by atomic mass is 16.7. The third kappa shape index (κ3) is 6.09. The second-order valence-electron chi connectivity index (χ2n) is 7.27. The maximum Gasteiger partial charge on any atom is 0.224 e. The lowest BCUT2D eigenvalue weighted by molar-refractivity contribution is -0.116. The van der Waals surface area contributed by atoms with Gasteiger partial charge >= 0.3 is 0 Å². The molecule has 0 unspecified atom stereocenters. The van der Waals surface area contributed by atoms with E-state index in [1.165, 1.54) is 18.4 Å². The minimum Gasteiger partial charge on any atom is -0.468 e. The first-order valence-corrected chi connectivity index (χ1v) is 10.3. The molecule has 0 radical (unpaired) electrons. The molecule has 1 N–H and O–H groups in total. The summed E-state index contributed by atoms with van der Waals surface area (Å²) >= 11 is 0. The van der Waals surface area contributed by atoms with Gasteiger partial charge in [-0.15, -0.1) is 0 Å². The van der Waals surface area contributed by atoms with Crippen molar-refractivity contribution in [3.8, 4) is 5.75 Å². The molecule has 0 aliphatic heterocycles. The smallest absolute Gasteiger partial charge is 0.224 e. The number of carbonyl (C=O) groups is 1. The van der Waals surface area contributed by atoms with Crippen molar-refractivity contribution >= 4 is 22.5 Å². The number of nitrogens with zero attached hydrogens (tertiary/aromatic N) is 1. The molecule has 3 aromatic rings. The normalized spacial score (nSPS) is 11.0. The number of methoxy groups -OCH3 is 1. The lowest BCUT2D eigenvalue weighted by atomic mass is 10.1. The molecule has 3 rings (SSSR count). The number of ether oxygens (including phenoxy) is 2. The molecule has 0 saturated heterocycles. The largest absolute Gasteiger partial charge is 0.468 e. The molecule has 1 amide bonds. The molecule has 0 spiro atoms. The Balaban J connectivity index is 1.60. The van der Waals surface area contributed by atoms with Gasteiger partial charge in [-0.3, -0.25) is 4.79 Å². The number of carbonyl (C=O) groups excluding carboxylic acids is 1. The number of unbranched alkanes of at least 4 members (excludes halogenated alkanes) is 3. The van der Waals surface area contributed by atoms with Crippen LogP contribution in [0.4, 0.5) is 5.69 Å². The van der Waals surface area contributed by atoms with Crippen molar-refractivity contribution in [2.24, 2.45) is 0 Å². The lowest BCUT2D eigenvalue weighted by Crippen LogP contribution is -2.10. The van der Waals surface area contributed by atoms with E-state index in [0.717, 1.165) is 41.7 Å². The van der Waals surface area contributed by atoms with E-state index in [0.29, 0.717) is 6.42 Å². The highest BCUT2D eigenvalue weighted by Gasteiger charge is 2.06. The molecule has 0 fully saturated rings. The van der Waals surface area contributed by atoms with Crippen molar-refractivity contribution in [1.29, 1.82) is 0 Å². The van der Waals surface area contributed by atoms with Gasteiger partial charge in [-0.2, -0.15) is 0 Å². The van der Waals surface area contributed by atoms with E-state index in [2.05, 4.69) is 47.3 Å². The number of hydrogen-bond donors (Lipinski definition) is 1. The first-order valence-electron chi connectivity index (χ1n) is 10.3. The number of amides is 1. The van der Waals surface area contributed by atoms with E-state index in [9.17, 15) is 4.79 Å². The Bertz CT molecular complexity index is 916. The van der Waals surface area contributed by atoms with E-state index in [4.69, 9.17) is 9.47 Å². The van der Waals surface area contributed by atoms with Gasteiger partial charge in [0.1, 0.15) is 5.75 Å². The fraction of sp³-hybridized carbons (Fsp3) is 0.375. The summed E-state index contributed by atoms with van der Waals surface area (Å²) in [6.07, 6.45) is 7.11. The van der Waals surface area contributed by atoms with Crippen LogP contribution in [0.15, 0.2) is 54.7 Å². The number of fused-ring (bicyclic) bond motifs is 1. The molecule has 0 bridgehead atoms. The molecule has 2 aromatic carbocycles. The summed E-state index contributed by atoms with van der Waals surface area (Å²) in [6, 6.07) is 16.2. The van der Waals surface area contributed by atoms with Crippen LogP contribution in [-0.4, -0.2) is 24.4 Å². The molecule has 1 aromatic heterocycles. The summed E-state index contributed by atoms with van der Waals surface area (Å²) in [4.78, 5) is 12.1. The average Bonchev–Trinajstić information content (AvgIpc) is 3.12. The zero-order valence-corrected chi connectivity index (χ0v) is 17.3. The van der Waals surface area contributed by atoms with E-state index in [-0.39, 0.29) is 12.7 Å². The molecule has 0 aliphatic rings. The van der Waals surface area contributed by atoms with Crippen molar-refractivity contribution in [3.05, 3.63) is 60.3 Å². The molecular formula is C24H30N2O3. The maximum atomic E-state index is 12.1. The Hall–Kier alpha value is -2.79. The summed E-state index contributed by atoms with van der Waals surface area (Å²) in [5.41, 5.74) is 3.19. The van der Waals surface area contributed by atoms with Gasteiger partial charge in [0.2, 0.25) is 5.91 Å². The molecule has 29 heavy (non-hydrogen) atoms. The third-order valence-electron chi connectivity index (χ3n) is 4.93. The van der Waals surface area contributed by atoms with Gasteiger partial charge in [-0.05, 0) is 48.4 Å². The predicted molar refractivity (Wildman–Crippen MR) is 117 cm³/mol. The second kappa shape index (κ2) is 10.7. The first-order chi connectivity index (χ1) is 14.2. The molecular weight excluding hydrogens is 364 g/mol. The van der Waals surface area contributed by atoms with Gasteiger partial charge < -0.3 is 19.4 Å². The van der Waals surface area contributed by atoms with E-state index < -0.39 is 0 Å². The SMILES string of the molecule is CCCCCCC(=O)Nc1ccc2c(ccn2Cc2ccc(OCOC)cc2)c1. The van der Waals surface area contributed by atoms with Gasteiger partial charge in [-0.25, -0.2) is 0 Å². The molecule has 1 heterocycles. The number of nitrogens with one attached hydrogen (secondary N) is 1. The average molecular weight is 395 g/mol. The van der Waals surface area contributed by atoms with Crippen LogP contribution in [0.5, 0.6) is 5.75 Å². The van der Waals surface area contributed by atoms with Gasteiger partial charge in [0.05, 0.1) is 0 Å². The van der Waals surface area contributed by atoms with E-state index >= 15 is 0 Å². The summed E-state index contributed by atoms with van der Waals surface area (Å²) in [7, 11) is 1.61. The van der Waals surface area contributed by atoms with Crippen LogP contribution in [0.1, 0.15) is 44.6 Å². The van der Waals surface area contributed by atoms with Crippen LogP contribution < -0.4 is 10.1 Å². The van der Waals surface area contributed by atoms with Crippen LogP contribution in [0.3, 0.4) is 0 Å². The van der Waals surface area contributed by atoms with Crippen LogP contribution in [0.2, 0.25) is 0 Å². The Morgan fingerprint density at radius 2 is 1.86 bits per heavy atom. The van der Waals surface area contributed by atoms with Gasteiger partial charge in [0.15, 0.2) is 6.79 Å². The van der Waals surface area contributed by atoms with Crippen LogP contribution in [0.25, 0.3) is 10.9 Å². The fourth-order valence-electron chi connectivity index (χ4n) is 3.37. The summed E-state index contributed by atoms with van der Waals surface area (Å²) in [5, 5.41) is 4.14. The topological polar surface area (TPSA) is 52.5 Å². The van der Waals surface area contributed by atoms with Crippen molar-refractivity contribution in [2.75, 3.05) is 19.2 Å². The van der Waals surface area contributed by atoms with Crippen LogP contribution in [0, 0.1) is 0 Å². The molecule has 0 saturated carbocycles. The summed E-state index contributed by atoms with van der Waals surface area (Å²) < 4.78 is 12.6. The Morgan fingerprint density at radius 3 is 2.62 bits per heavy atom. The molecule has 5 heteroatoms. The van der Waals surface area contributed by atoms with Crippen molar-refractivity contribution in [3.63, 3.8) is 0 Å². The van der Waals surface area contributed by atoms with E-state index in [1.54, 1.807) is 7.11 Å². The predicted octanol–water partition coefficient (Wildman–Crippen LogP) is 5.58. The highest BCUT2D eigenvalue weighted by molar-refractivity contribution is 5.93. The van der Waals surface area contributed by atoms with Gasteiger partial charge in [-0.1, -0.05) is 38.3 Å². The molecule has 5 nitrogen and oxygen atoms in total. The lowest BCUT2D eigenvalue weighted by Gasteiger charge is -2.09. The van der Waals surface area contributed by atoms with Gasteiger partial charge in [0.25, 0.3) is 0 Å². The Kier molecular flexibility index (Phi) is 7.70. The quantitative estimate of drug-likeness (QED) is 0.341. The van der Waals surface area contributed by atoms with Crippen molar-refractivity contribution in [1.82, 2.24) is 4.57 Å². The number of benzene rings is 2. The Labute approximate surface area is 172 Å². The minimum atomic E-state index is 0.0932. The monoisotopic (exact) mass is 394 g/mol.